The second-order valence-electron chi connectivity index (χ2n) is 4.22. The minimum absolute atomic E-state index is 0.0833. The molecule has 0 aliphatic rings. The smallest absolute Gasteiger partial charge is 0.335 e. The summed E-state index contributed by atoms with van der Waals surface area (Å²) in [7, 11) is 0. The van der Waals surface area contributed by atoms with E-state index in [9.17, 15) is 14.4 Å². The number of carbonyl (C=O) groups is 3. The highest BCUT2D eigenvalue weighted by Crippen LogP contribution is 2.03. The Balaban J connectivity index is 0.000000219. The van der Waals surface area contributed by atoms with Crippen LogP contribution in [0.1, 0.15) is 36.6 Å². The van der Waals surface area contributed by atoms with Crippen LogP contribution in [0.15, 0.2) is 48.5 Å². The number of hydrogen-bond donors (Lipinski definition) is 2. The molecule has 0 fully saturated rings. The van der Waals surface area contributed by atoms with Crippen LogP contribution >= 0.6 is 0 Å². The number of carboxylic acid groups (broad SMARTS) is 2. The maximum atomic E-state index is 10.3. The quantitative estimate of drug-likeness (QED) is 0.846. The van der Waals surface area contributed by atoms with E-state index in [1.54, 1.807) is 0 Å². The SMILES string of the molecule is Cc1ccc(C=O)cc1.O=C(O)c1ccc(C(=O)O)cc1. The van der Waals surface area contributed by atoms with Crippen LogP contribution < -0.4 is 0 Å². The third kappa shape index (κ3) is 5.28. The molecule has 108 valence electrons. The van der Waals surface area contributed by atoms with Crippen molar-refractivity contribution in [3.05, 3.63) is 70.8 Å². The predicted molar refractivity (Wildman–Crippen MR) is 76.9 cm³/mol. The van der Waals surface area contributed by atoms with Gasteiger partial charge in [0.1, 0.15) is 6.29 Å². The van der Waals surface area contributed by atoms with Crippen LogP contribution in [0, 0.1) is 6.92 Å². The zero-order valence-electron chi connectivity index (χ0n) is 11.3. The van der Waals surface area contributed by atoms with Gasteiger partial charge in [-0.15, -0.1) is 0 Å². The number of carboxylic acids is 2. The molecule has 5 heteroatoms. The Morgan fingerprint density at radius 2 is 1.19 bits per heavy atom. The highest BCUT2D eigenvalue weighted by molar-refractivity contribution is 5.91. The van der Waals surface area contributed by atoms with Crippen molar-refractivity contribution in [1.82, 2.24) is 0 Å². The maximum absolute atomic E-state index is 10.3. The molecule has 2 aromatic rings. The van der Waals surface area contributed by atoms with Crippen LogP contribution in [0.3, 0.4) is 0 Å². The molecule has 0 aromatic heterocycles. The standard InChI is InChI=1S/C8H6O4.C8H8O/c9-7(10)5-1-2-6(4-3-5)8(11)12;1-7-2-4-8(6-9)5-3-7/h1-4H,(H,9,10)(H,11,12);2-6H,1H3. The Morgan fingerprint density at radius 1 is 0.810 bits per heavy atom. The number of carbonyl (C=O) groups excluding carboxylic acids is 1. The summed E-state index contributed by atoms with van der Waals surface area (Å²) in [5.74, 6) is -2.13. The molecule has 0 heterocycles. The molecule has 0 atom stereocenters. The average Bonchev–Trinajstić information content (AvgIpc) is 2.49. The van der Waals surface area contributed by atoms with E-state index in [4.69, 9.17) is 10.2 Å². The van der Waals surface area contributed by atoms with Gasteiger partial charge < -0.3 is 10.2 Å². The minimum atomic E-state index is -1.06. The Labute approximate surface area is 121 Å². The summed E-state index contributed by atoms with van der Waals surface area (Å²) >= 11 is 0. The minimum Gasteiger partial charge on any atom is -0.478 e. The summed E-state index contributed by atoms with van der Waals surface area (Å²) in [4.78, 5) is 30.8. The van der Waals surface area contributed by atoms with Crippen LogP contribution in [-0.4, -0.2) is 28.4 Å². The van der Waals surface area contributed by atoms with Crippen molar-refractivity contribution in [3.8, 4) is 0 Å². The molecule has 5 nitrogen and oxygen atoms in total. The molecular weight excluding hydrogens is 272 g/mol. The highest BCUT2D eigenvalue weighted by Gasteiger charge is 2.04. The molecule has 0 unspecified atom stereocenters. The molecule has 0 radical (unpaired) electrons. The fourth-order valence-corrected chi connectivity index (χ4v) is 1.40. The van der Waals surface area contributed by atoms with Gasteiger partial charge in [0.05, 0.1) is 11.1 Å². The normalized spacial score (nSPS) is 9.19. The van der Waals surface area contributed by atoms with Crippen molar-refractivity contribution in [2.45, 2.75) is 6.92 Å². The Bertz CT molecular complexity index is 594. The fraction of sp³-hybridized carbons (Fsp3) is 0.0625. The summed E-state index contributed by atoms with van der Waals surface area (Å²) in [5, 5.41) is 16.9. The first-order valence-electron chi connectivity index (χ1n) is 6.02. The predicted octanol–water partition coefficient (Wildman–Crippen LogP) is 2.89. The Kier molecular flexibility index (Phi) is 5.82. The lowest BCUT2D eigenvalue weighted by molar-refractivity contribution is 0.0681. The van der Waals surface area contributed by atoms with Gasteiger partial charge in [0.15, 0.2) is 0 Å². The second kappa shape index (κ2) is 7.59. The van der Waals surface area contributed by atoms with E-state index in [2.05, 4.69) is 0 Å². The molecule has 0 bridgehead atoms. The van der Waals surface area contributed by atoms with E-state index in [1.165, 1.54) is 29.8 Å². The van der Waals surface area contributed by atoms with Crippen molar-refractivity contribution in [2.75, 3.05) is 0 Å². The van der Waals surface area contributed by atoms with Gasteiger partial charge in [-0.05, 0) is 31.2 Å². The monoisotopic (exact) mass is 286 g/mol. The zero-order chi connectivity index (χ0) is 15.8. The van der Waals surface area contributed by atoms with Gasteiger partial charge in [0.25, 0.3) is 0 Å². The fourth-order valence-electron chi connectivity index (χ4n) is 1.40. The van der Waals surface area contributed by atoms with Gasteiger partial charge in [-0.3, -0.25) is 4.79 Å². The molecule has 0 aliphatic carbocycles. The molecule has 2 aromatic carbocycles. The number of rotatable bonds is 3. The maximum Gasteiger partial charge on any atom is 0.335 e. The summed E-state index contributed by atoms with van der Waals surface area (Å²) in [6.07, 6.45) is 0.847. The van der Waals surface area contributed by atoms with E-state index < -0.39 is 11.9 Å². The number of aldehydes is 1. The highest BCUT2D eigenvalue weighted by atomic mass is 16.4. The van der Waals surface area contributed by atoms with Crippen LogP contribution in [0.4, 0.5) is 0 Å². The van der Waals surface area contributed by atoms with Gasteiger partial charge in [0, 0.05) is 5.56 Å². The molecule has 2 N–H and O–H groups in total. The first kappa shape index (κ1) is 16.1. The first-order chi connectivity index (χ1) is 9.93. The number of aromatic carboxylic acids is 2. The van der Waals surface area contributed by atoms with Crippen LogP contribution in [-0.2, 0) is 0 Å². The Morgan fingerprint density at radius 3 is 1.48 bits per heavy atom. The molecule has 0 saturated heterocycles. The third-order valence-corrected chi connectivity index (χ3v) is 2.59. The molecule has 0 amide bonds. The van der Waals surface area contributed by atoms with E-state index >= 15 is 0 Å². The van der Waals surface area contributed by atoms with Gasteiger partial charge in [0.2, 0.25) is 0 Å². The van der Waals surface area contributed by atoms with Gasteiger partial charge in [-0.1, -0.05) is 29.8 Å². The molecule has 0 spiro atoms. The lowest BCUT2D eigenvalue weighted by atomic mass is 10.1. The molecule has 0 saturated carbocycles. The van der Waals surface area contributed by atoms with Crippen molar-refractivity contribution < 1.29 is 24.6 Å². The van der Waals surface area contributed by atoms with E-state index in [0.717, 1.165) is 11.8 Å². The lowest BCUT2D eigenvalue weighted by Crippen LogP contribution is -1.99. The number of benzene rings is 2. The second-order valence-corrected chi connectivity index (χ2v) is 4.22. The molecule has 2 rings (SSSR count). The van der Waals surface area contributed by atoms with Gasteiger partial charge >= 0.3 is 11.9 Å². The van der Waals surface area contributed by atoms with Crippen molar-refractivity contribution in [2.24, 2.45) is 0 Å². The first-order valence-corrected chi connectivity index (χ1v) is 6.02. The van der Waals surface area contributed by atoms with Crippen LogP contribution in [0.25, 0.3) is 0 Å². The van der Waals surface area contributed by atoms with E-state index in [0.29, 0.717) is 0 Å². The summed E-state index contributed by atoms with van der Waals surface area (Å²) in [6, 6.07) is 12.5. The van der Waals surface area contributed by atoms with Crippen LogP contribution in [0.2, 0.25) is 0 Å². The molecule has 21 heavy (non-hydrogen) atoms. The summed E-state index contributed by atoms with van der Waals surface area (Å²) < 4.78 is 0. The van der Waals surface area contributed by atoms with E-state index in [1.807, 2.05) is 31.2 Å². The average molecular weight is 286 g/mol. The third-order valence-electron chi connectivity index (χ3n) is 2.59. The summed E-state index contributed by atoms with van der Waals surface area (Å²) in [6.45, 7) is 1.99. The van der Waals surface area contributed by atoms with Gasteiger partial charge in [-0.2, -0.15) is 0 Å². The zero-order valence-corrected chi connectivity index (χ0v) is 11.3. The number of hydrogen-bond acceptors (Lipinski definition) is 3. The summed E-state index contributed by atoms with van der Waals surface area (Å²) in [5.41, 5.74) is 2.08. The van der Waals surface area contributed by atoms with Gasteiger partial charge in [-0.25, -0.2) is 9.59 Å². The molecule has 0 aliphatic heterocycles. The van der Waals surface area contributed by atoms with Crippen molar-refractivity contribution >= 4 is 18.2 Å². The van der Waals surface area contributed by atoms with E-state index in [-0.39, 0.29) is 11.1 Å². The molecular formula is C16H14O5. The number of aryl methyl sites for hydroxylation is 1. The van der Waals surface area contributed by atoms with Crippen molar-refractivity contribution in [1.29, 1.82) is 0 Å². The lowest BCUT2D eigenvalue weighted by Gasteiger charge is -1.94. The largest absolute Gasteiger partial charge is 0.478 e. The Hall–Kier alpha value is -2.95. The van der Waals surface area contributed by atoms with Crippen molar-refractivity contribution in [3.63, 3.8) is 0 Å². The topological polar surface area (TPSA) is 91.7 Å². The van der Waals surface area contributed by atoms with Crippen LogP contribution in [0.5, 0.6) is 0 Å².